The van der Waals surface area contributed by atoms with Crippen LogP contribution >= 0.6 is 46.4 Å². The van der Waals surface area contributed by atoms with E-state index in [0.29, 0.717) is 53.5 Å². The third-order valence-electron chi connectivity index (χ3n) is 10.5. The molecule has 62 heavy (non-hydrogen) atoms. The Balaban J connectivity index is 0.000000158. The molecule has 0 N–H and O–H groups in total. The molecule has 0 saturated heterocycles. The second-order valence-corrected chi connectivity index (χ2v) is 15.7. The molecule has 4 heterocycles. The van der Waals surface area contributed by atoms with Crippen molar-refractivity contribution in [1.29, 1.82) is 21.0 Å². The Bertz CT molecular complexity index is 3340. The molecule has 10 aromatic rings. The minimum absolute atomic E-state index is 0.254. The summed E-state index contributed by atoms with van der Waals surface area (Å²) in [6.07, 6.45) is 3.81. The zero-order valence-electron chi connectivity index (χ0n) is 31.9. The van der Waals surface area contributed by atoms with E-state index in [4.69, 9.17) is 46.4 Å². The standard InChI is InChI=1S/2C25H12Cl2N4/c2*26-17-8-4-15(5-9-17)22-19(13-28)20(14-29)24-25(31-12-2-1-3-21(31)30-24)23(22)16-6-10-18(27)11-7-16/h2*1-12H. The van der Waals surface area contributed by atoms with Crippen LogP contribution in [0.2, 0.25) is 20.1 Å². The maximum absolute atomic E-state index is 10.1. The molecule has 8 nitrogen and oxygen atoms in total. The van der Waals surface area contributed by atoms with Crippen molar-refractivity contribution in [3.05, 3.63) is 188 Å². The van der Waals surface area contributed by atoms with Crippen LogP contribution in [0.15, 0.2) is 146 Å². The van der Waals surface area contributed by atoms with Crippen molar-refractivity contribution >= 4 is 79.8 Å². The molecule has 0 aliphatic rings. The van der Waals surface area contributed by atoms with Gasteiger partial charge in [-0.3, -0.25) is 8.80 Å². The van der Waals surface area contributed by atoms with Gasteiger partial charge < -0.3 is 0 Å². The smallest absolute Gasteiger partial charge is 0.137 e. The number of nitriles is 4. The topological polar surface area (TPSA) is 130 Å². The highest BCUT2D eigenvalue weighted by Gasteiger charge is 2.27. The van der Waals surface area contributed by atoms with Crippen molar-refractivity contribution in [1.82, 2.24) is 18.8 Å². The summed E-state index contributed by atoms with van der Waals surface area (Å²) in [5, 5.41) is 42.6. The van der Waals surface area contributed by atoms with E-state index in [1.165, 1.54) is 0 Å². The summed E-state index contributed by atoms with van der Waals surface area (Å²) in [6, 6.07) is 49.7. The molecular weight excluding hydrogens is 854 g/mol. The molecule has 4 aromatic heterocycles. The van der Waals surface area contributed by atoms with Gasteiger partial charge in [0.25, 0.3) is 0 Å². The number of benzene rings is 6. The first kappa shape index (κ1) is 39.8. The van der Waals surface area contributed by atoms with Crippen molar-refractivity contribution in [2.45, 2.75) is 0 Å². The summed E-state index contributed by atoms with van der Waals surface area (Å²) in [6.45, 7) is 0. The zero-order chi connectivity index (χ0) is 43.1. The quantitative estimate of drug-likeness (QED) is 0.173. The lowest BCUT2D eigenvalue weighted by molar-refractivity contribution is 1.23. The summed E-state index contributed by atoms with van der Waals surface area (Å²) < 4.78 is 3.89. The SMILES string of the molecule is N#Cc1c(-c2ccc(Cl)cc2)c(-c2ccc(Cl)cc2)c2c(nc3ccccn32)c1C#N.N#Cc1c(-c2ccc(Cl)cc2)c(-c2ccc(Cl)cc2)c2c(nc3ccccn32)c1C#N. The van der Waals surface area contributed by atoms with Gasteiger partial charge in [0.2, 0.25) is 0 Å². The molecule has 0 bridgehead atoms. The first-order valence-corrected chi connectivity index (χ1v) is 20.3. The van der Waals surface area contributed by atoms with Gasteiger partial charge in [0.05, 0.1) is 33.3 Å². The number of pyridine rings is 2. The minimum atomic E-state index is 0.254. The molecule has 0 spiro atoms. The van der Waals surface area contributed by atoms with Crippen molar-refractivity contribution in [3.8, 4) is 68.8 Å². The number of nitrogens with zero attached hydrogens (tertiary/aromatic N) is 8. The van der Waals surface area contributed by atoms with E-state index in [2.05, 4.69) is 34.2 Å². The van der Waals surface area contributed by atoms with Crippen LogP contribution in [-0.4, -0.2) is 18.8 Å². The van der Waals surface area contributed by atoms with Crippen molar-refractivity contribution in [2.75, 3.05) is 0 Å². The van der Waals surface area contributed by atoms with Crippen LogP contribution in [0.4, 0.5) is 0 Å². The number of rotatable bonds is 4. The van der Waals surface area contributed by atoms with Gasteiger partial charge in [-0.2, -0.15) is 21.0 Å². The Morgan fingerprint density at radius 2 is 0.645 bits per heavy atom. The van der Waals surface area contributed by atoms with Crippen LogP contribution in [0.3, 0.4) is 0 Å². The normalized spacial score (nSPS) is 10.8. The Hall–Kier alpha value is -7.66. The molecule has 0 saturated carbocycles. The number of fused-ring (bicyclic) bond motifs is 6. The van der Waals surface area contributed by atoms with Crippen LogP contribution in [0.1, 0.15) is 22.3 Å². The first-order chi connectivity index (χ1) is 30.2. The molecule has 6 aromatic carbocycles. The fraction of sp³-hybridized carbons (Fsp3) is 0. The second-order valence-electron chi connectivity index (χ2n) is 14.0. The molecule has 0 atom stereocenters. The van der Waals surface area contributed by atoms with Gasteiger partial charge in [-0.15, -0.1) is 0 Å². The monoisotopic (exact) mass is 876 g/mol. The van der Waals surface area contributed by atoms with Crippen LogP contribution in [0.5, 0.6) is 0 Å². The van der Waals surface area contributed by atoms with E-state index < -0.39 is 0 Å². The highest BCUT2D eigenvalue weighted by atomic mass is 35.5. The van der Waals surface area contributed by atoms with Crippen molar-refractivity contribution < 1.29 is 0 Å². The number of aromatic nitrogens is 4. The largest absolute Gasteiger partial charge is 0.299 e. The number of imidazole rings is 2. The molecular formula is C50H24Cl4N8. The maximum atomic E-state index is 10.1. The molecule has 292 valence electrons. The van der Waals surface area contributed by atoms with Gasteiger partial charge in [0.1, 0.15) is 46.6 Å². The summed E-state index contributed by atoms with van der Waals surface area (Å²) in [7, 11) is 0. The molecule has 0 aliphatic carbocycles. The van der Waals surface area contributed by atoms with Gasteiger partial charge in [0.15, 0.2) is 0 Å². The fourth-order valence-electron chi connectivity index (χ4n) is 7.84. The van der Waals surface area contributed by atoms with E-state index in [0.717, 1.165) is 44.4 Å². The van der Waals surface area contributed by atoms with Gasteiger partial charge in [-0.05, 0) is 95.1 Å². The second kappa shape index (κ2) is 16.4. The first-order valence-electron chi connectivity index (χ1n) is 18.8. The summed E-state index contributed by atoms with van der Waals surface area (Å²) in [5.74, 6) is 0. The Kier molecular flexibility index (Phi) is 10.5. The van der Waals surface area contributed by atoms with E-state index in [1.807, 2.05) is 130 Å². The zero-order valence-corrected chi connectivity index (χ0v) is 35.0. The predicted octanol–water partition coefficient (Wildman–Crippen LogP) is 13.7. The van der Waals surface area contributed by atoms with Crippen LogP contribution in [-0.2, 0) is 0 Å². The molecule has 0 aliphatic heterocycles. The number of hydrogen-bond donors (Lipinski definition) is 0. The average molecular weight is 879 g/mol. The molecule has 12 heteroatoms. The average Bonchev–Trinajstić information content (AvgIpc) is 3.88. The highest BCUT2D eigenvalue weighted by molar-refractivity contribution is 6.31. The van der Waals surface area contributed by atoms with Gasteiger partial charge >= 0.3 is 0 Å². The lowest BCUT2D eigenvalue weighted by Gasteiger charge is -2.16. The Morgan fingerprint density at radius 1 is 0.355 bits per heavy atom. The van der Waals surface area contributed by atoms with Gasteiger partial charge in [-0.25, -0.2) is 9.97 Å². The molecule has 0 radical (unpaired) electrons. The number of halogens is 4. The van der Waals surface area contributed by atoms with E-state index in [1.54, 1.807) is 24.3 Å². The Labute approximate surface area is 374 Å². The minimum Gasteiger partial charge on any atom is -0.299 e. The van der Waals surface area contributed by atoms with E-state index in [9.17, 15) is 21.0 Å². The van der Waals surface area contributed by atoms with E-state index >= 15 is 0 Å². The maximum Gasteiger partial charge on any atom is 0.137 e. The highest BCUT2D eigenvalue weighted by Crippen LogP contribution is 2.45. The molecule has 0 unspecified atom stereocenters. The van der Waals surface area contributed by atoms with Crippen molar-refractivity contribution in [3.63, 3.8) is 0 Å². The third-order valence-corrected chi connectivity index (χ3v) is 11.5. The number of hydrogen-bond acceptors (Lipinski definition) is 6. The molecule has 10 rings (SSSR count). The lowest BCUT2D eigenvalue weighted by Crippen LogP contribution is -1.98. The summed E-state index contributed by atoms with van der Waals surface area (Å²) in [5.41, 5.74) is 11.2. The predicted molar refractivity (Wildman–Crippen MR) is 246 cm³/mol. The van der Waals surface area contributed by atoms with Crippen LogP contribution < -0.4 is 0 Å². The Morgan fingerprint density at radius 3 is 0.935 bits per heavy atom. The summed E-state index contributed by atoms with van der Waals surface area (Å²) >= 11 is 24.5. The fourth-order valence-corrected chi connectivity index (χ4v) is 8.34. The molecule has 0 amide bonds. The van der Waals surface area contributed by atoms with E-state index in [-0.39, 0.29) is 22.3 Å². The van der Waals surface area contributed by atoms with Crippen molar-refractivity contribution in [2.24, 2.45) is 0 Å². The lowest BCUT2D eigenvalue weighted by atomic mass is 9.87. The molecule has 0 fully saturated rings. The third kappa shape index (κ3) is 6.81. The van der Waals surface area contributed by atoms with Gasteiger partial charge in [-0.1, -0.05) is 107 Å². The summed E-state index contributed by atoms with van der Waals surface area (Å²) in [4.78, 5) is 9.38. The van der Waals surface area contributed by atoms with Crippen LogP contribution in [0.25, 0.3) is 77.9 Å². The van der Waals surface area contributed by atoms with Gasteiger partial charge in [0, 0.05) is 54.7 Å². The van der Waals surface area contributed by atoms with Crippen LogP contribution in [0, 0.1) is 45.3 Å².